The summed E-state index contributed by atoms with van der Waals surface area (Å²) in [7, 11) is 3.45. The van der Waals surface area contributed by atoms with Gasteiger partial charge in [-0.15, -0.1) is 0 Å². The van der Waals surface area contributed by atoms with Crippen LogP contribution in [0.1, 0.15) is 6.42 Å². The van der Waals surface area contributed by atoms with Gasteiger partial charge in [-0.25, -0.2) is 0 Å². The highest BCUT2D eigenvalue weighted by molar-refractivity contribution is 5.82. The minimum atomic E-state index is 0.133. The Labute approximate surface area is 107 Å². The third-order valence-corrected chi connectivity index (χ3v) is 3.19. The first-order chi connectivity index (χ1) is 8.60. The van der Waals surface area contributed by atoms with Crippen LogP contribution >= 0.6 is 0 Å². The van der Waals surface area contributed by atoms with Crippen molar-refractivity contribution in [3.8, 4) is 5.75 Å². The number of benzene rings is 1. The van der Waals surface area contributed by atoms with E-state index in [1.807, 2.05) is 24.1 Å². The second kappa shape index (κ2) is 5.16. The summed E-state index contributed by atoms with van der Waals surface area (Å²) in [6, 6.07) is 5.56. The molecule has 0 saturated carbocycles. The van der Waals surface area contributed by atoms with E-state index in [9.17, 15) is 4.79 Å². The number of carbonyl (C=O) groups is 1. The van der Waals surface area contributed by atoms with Crippen LogP contribution in [0.3, 0.4) is 0 Å². The van der Waals surface area contributed by atoms with Gasteiger partial charge in [0.25, 0.3) is 0 Å². The molecule has 1 heterocycles. The molecule has 5 heteroatoms. The lowest BCUT2D eigenvalue weighted by atomic mass is 10.2. The van der Waals surface area contributed by atoms with Crippen LogP contribution in [0.4, 0.5) is 11.4 Å². The maximum atomic E-state index is 11.9. The first-order valence-electron chi connectivity index (χ1n) is 6.03. The van der Waals surface area contributed by atoms with Crippen molar-refractivity contribution in [2.45, 2.75) is 6.42 Å². The number of ether oxygens (including phenoxy) is 1. The Hall–Kier alpha value is -1.91. The zero-order valence-electron chi connectivity index (χ0n) is 10.8. The molecule has 1 aromatic rings. The summed E-state index contributed by atoms with van der Waals surface area (Å²) >= 11 is 0. The van der Waals surface area contributed by atoms with Gasteiger partial charge in [0.1, 0.15) is 5.75 Å². The predicted molar refractivity (Wildman–Crippen MR) is 71.9 cm³/mol. The van der Waals surface area contributed by atoms with Crippen LogP contribution in [0, 0.1) is 0 Å². The maximum absolute atomic E-state index is 11.9. The lowest BCUT2D eigenvalue weighted by molar-refractivity contribution is -0.127. The molecule has 0 aliphatic carbocycles. The molecule has 2 rings (SSSR count). The van der Waals surface area contributed by atoms with Crippen LogP contribution in [0.5, 0.6) is 5.75 Å². The number of nitrogens with zero attached hydrogens (tertiary/aromatic N) is 2. The molecule has 1 aliphatic heterocycles. The lowest BCUT2D eigenvalue weighted by Gasteiger charge is -2.22. The van der Waals surface area contributed by atoms with Crippen molar-refractivity contribution < 1.29 is 9.53 Å². The molecule has 0 unspecified atom stereocenters. The van der Waals surface area contributed by atoms with Gasteiger partial charge >= 0.3 is 0 Å². The molecule has 0 bridgehead atoms. The molecule has 0 atom stereocenters. The van der Waals surface area contributed by atoms with Crippen LogP contribution in [-0.4, -0.2) is 44.6 Å². The van der Waals surface area contributed by atoms with Gasteiger partial charge in [0.15, 0.2) is 0 Å². The zero-order valence-corrected chi connectivity index (χ0v) is 10.8. The molecule has 18 heavy (non-hydrogen) atoms. The fourth-order valence-electron chi connectivity index (χ4n) is 2.11. The second-order valence-corrected chi connectivity index (χ2v) is 4.55. The summed E-state index contributed by atoms with van der Waals surface area (Å²) in [6.07, 6.45) is 0.958. The summed E-state index contributed by atoms with van der Waals surface area (Å²) in [6.45, 7) is 2.04. The summed E-state index contributed by atoms with van der Waals surface area (Å²) in [5.74, 6) is 0.851. The molecule has 1 aromatic carbocycles. The molecule has 1 aliphatic rings. The first-order valence-corrected chi connectivity index (χ1v) is 6.03. The van der Waals surface area contributed by atoms with Crippen LogP contribution in [-0.2, 0) is 4.79 Å². The standard InChI is InChI=1S/C13H19N3O2/c1-15-4-3-5-16(9-13(15)17)11-6-10(14)7-12(8-11)18-2/h6-8H,3-5,9,14H2,1-2H3. The van der Waals surface area contributed by atoms with E-state index in [0.29, 0.717) is 12.2 Å². The number of hydrogen-bond acceptors (Lipinski definition) is 4. The van der Waals surface area contributed by atoms with E-state index in [-0.39, 0.29) is 5.91 Å². The van der Waals surface area contributed by atoms with Crippen LogP contribution in [0.25, 0.3) is 0 Å². The number of amides is 1. The van der Waals surface area contributed by atoms with Gasteiger partial charge in [-0.05, 0) is 12.5 Å². The van der Waals surface area contributed by atoms with Crippen LogP contribution < -0.4 is 15.4 Å². The zero-order chi connectivity index (χ0) is 13.1. The van der Waals surface area contributed by atoms with E-state index in [0.717, 1.165) is 30.9 Å². The molecule has 0 aromatic heterocycles. The van der Waals surface area contributed by atoms with Crippen LogP contribution in [0.15, 0.2) is 18.2 Å². The third-order valence-electron chi connectivity index (χ3n) is 3.19. The van der Waals surface area contributed by atoms with Gasteiger partial charge in [-0.2, -0.15) is 0 Å². The highest BCUT2D eigenvalue weighted by Crippen LogP contribution is 2.26. The number of rotatable bonds is 2. The van der Waals surface area contributed by atoms with Crippen molar-refractivity contribution in [1.82, 2.24) is 4.90 Å². The average Bonchev–Trinajstić information content (AvgIpc) is 2.51. The summed E-state index contributed by atoms with van der Waals surface area (Å²) in [5.41, 5.74) is 7.43. The molecule has 2 N–H and O–H groups in total. The van der Waals surface area contributed by atoms with Crippen molar-refractivity contribution >= 4 is 17.3 Å². The normalized spacial score (nSPS) is 16.7. The number of methoxy groups -OCH3 is 1. The topological polar surface area (TPSA) is 58.8 Å². The first kappa shape index (κ1) is 12.5. The summed E-state index contributed by atoms with van der Waals surface area (Å²) < 4.78 is 5.20. The SMILES string of the molecule is COc1cc(N)cc(N2CCCN(C)C(=O)C2)c1. The maximum Gasteiger partial charge on any atom is 0.241 e. The second-order valence-electron chi connectivity index (χ2n) is 4.55. The highest BCUT2D eigenvalue weighted by Gasteiger charge is 2.19. The molecule has 0 spiro atoms. The predicted octanol–water partition coefficient (Wildman–Crippen LogP) is 0.946. The highest BCUT2D eigenvalue weighted by atomic mass is 16.5. The lowest BCUT2D eigenvalue weighted by Crippen LogP contribution is -2.34. The Kier molecular flexibility index (Phi) is 3.60. The van der Waals surface area contributed by atoms with E-state index >= 15 is 0 Å². The van der Waals surface area contributed by atoms with Gasteiger partial charge in [-0.1, -0.05) is 0 Å². The Morgan fingerprint density at radius 3 is 2.78 bits per heavy atom. The Morgan fingerprint density at radius 2 is 2.06 bits per heavy atom. The number of nitrogens with two attached hydrogens (primary N) is 1. The van der Waals surface area contributed by atoms with Crippen molar-refractivity contribution in [2.24, 2.45) is 0 Å². The van der Waals surface area contributed by atoms with E-state index in [4.69, 9.17) is 10.5 Å². The van der Waals surface area contributed by atoms with Gasteiger partial charge in [0.2, 0.25) is 5.91 Å². The van der Waals surface area contributed by atoms with E-state index in [2.05, 4.69) is 0 Å². The fourth-order valence-corrected chi connectivity index (χ4v) is 2.11. The third kappa shape index (κ3) is 2.67. The van der Waals surface area contributed by atoms with E-state index in [1.165, 1.54) is 0 Å². The molecular formula is C13H19N3O2. The molecule has 5 nitrogen and oxygen atoms in total. The molecular weight excluding hydrogens is 230 g/mol. The molecule has 98 valence electrons. The van der Waals surface area contributed by atoms with Gasteiger partial charge < -0.3 is 20.3 Å². The number of nitrogen functional groups attached to an aromatic ring is 1. The molecule has 0 radical (unpaired) electrons. The molecule has 1 amide bonds. The van der Waals surface area contributed by atoms with Crippen molar-refractivity contribution in [1.29, 1.82) is 0 Å². The van der Waals surface area contributed by atoms with Crippen molar-refractivity contribution in [2.75, 3.05) is 44.4 Å². The van der Waals surface area contributed by atoms with Gasteiger partial charge in [0.05, 0.1) is 13.7 Å². The molecule has 1 fully saturated rings. The van der Waals surface area contributed by atoms with Gasteiger partial charge in [0, 0.05) is 43.6 Å². The Morgan fingerprint density at radius 1 is 1.28 bits per heavy atom. The fraction of sp³-hybridized carbons (Fsp3) is 0.462. The number of anilines is 2. The summed E-state index contributed by atoms with van der Waals surface area (Å²) in [4.78, 5) is 15.7. The number of likely N-dealkylation sites (N-methyl/N-ethyl adjacent to an activating group) is 1. The average molecular weight is 249 g/mol. The summed E-state index contributed by atoms with van der Waals surface area (Å²) in [5, 5.41) is 0. The van der Waals surface area contributed by atoms with Crippen molar-refractivity contribution in [3.05, 3.63) is 18.2 Å². The number of carbonyl (C=O) groups excluding carboxylic acids is 1. The largest absolute Gasteiger partial charge is 0.497 e. The Bertz CT molecular complexity index is 448. The number of hydrogen-bond donors (Lipinski definition) is 1. The molecule has 1 saturated heterocycles. The van der Waals surface area contributed by atoms with Gasteiger partial charge in [-0.3, -0.25) is 4.79 Å². The minimum Gasteiger partial charge on any atom is -0.497 e. The van der Waals surface area contributed by atoms with Crippen LogP contribution in [0.2, 0.25) is 0 Å². The van der Waals surface area contributed by atoms with Crippen molar-refractivity contribution in [3.63, 3.8) is 0 Å². The Balaban J connectivity index is 2.24. The van der Waals surface area contributed by atoms with E-state index in [1.54, 1.807) is 18.1 Å². The smallest absolute Gasteiger partial charge is 0.241 e. The quantitative estimate of drug-likeness (QED) is 0.793. The monoisotopic (exact) mass is 249 g/mol. The van der Waals surface area contributed by atoms with E-state index < -0.39 is 0 Å². The minimum absolute atomic E-state index is 0.133.